The van der Waals surface area contributed by atoms with E-state index in [2.05, 4.69) is 26.0 Å². The van der Waals surface area contributed by atoms with Crippen LogP contribution in [-0.4, -0.2) is 64.2 Å². The Morgan fingerprint density at radius 3 is 2.73 bits per heavy atom. The fourth-order valence-corrected chi connectivity index (χ4v) is 3.99. The summed E-state index contributed by atoms with van der Waals surface area (Å²) >= 11 is 0. The molecule has 12 heteroatoms. The smallest absolute Gasteiger partial charge is 0.253 e. The summed E-state index contributed by atoms with van der Waals surface area (Å²) in [4.78, 5) is 22.2. The van der Waals surface area contributed by atoms with E-state index in [9.17, 15) is 4.79 Å². The Balaban J connectivity index is 1.38. The maximum Gasteiger partial charge on any atom is 0.253 e. The molecule has 4 heterocycles. The maximum atomic E-state index is 12.4. The van der Waals surface area contributed by atoms with E-state index in [1.54, 1.807) is 30.9 Å². The minimum Gasteiger partial charge on any atom is -0.470 e. The highest BCUT2D eigenvalue weighted by atomic mass is 16.7. The summed E-state index contributed by atoms with van der Waals surface area (Å²) in [7, 11) is 3.19. The molecule has 0 bridgehead atoms. The van der Waals surface area contributed by atoms with E-state index in [4.69, 9.17) is 24.1 Å². The number of methoxy groups -OCH3 is 2. The van der Waals surface area contributed by atoms with Crippen molar-refractivity contribution >= 4 is 22.3 Å². The van der Waals surface area contributed by atoms with Gasteiger partial charge in [0.15, 0.2) is 11.5 Å². The third-order valence-electron chi connectivity index (χ3n) is 5.73. The van der Waals surface area contributed by atoms with Gasteiger partial charge in [0.1, 0.15) is 25.0 Å². The summed E-state index contributed by atoms with van der Waals surface area (Å²) in [5.74, 6) is 1.39. The van der Waals surface area contributed by atoms with Gasteiger partial charge in [-0.1, -0.05) is 18.2 Å². The molecule has 0 aliphatic carbocycles. The van der Waals surface area contributed by atoms with Crippen molar-refractivity contribution in [2.75, 3.05) is 27.4 Å². The van der Waals surface area contributed by atoms with E-state index in [0.717, 1.165) is 10.8 Å². The lowest BCUT2D eigenvalue weighted by atomic mass is 10.2. The number of benzene rings is 1. The predicted octanol–water partition coefficient (Wildman–Crippen LogP) is 2.12. The largest absolute Gasteiger partial charge is 0.470 e. The van der Waals surface area contributed by atoms with Crippen molar-refractivity contribution < 1.29 is 23.8 Å². The van der Waals surface area contributed by atoms with E-state index in [0.29, 0.717) is 47.6 Å². The molecule has 0 spiro atoms. The van der Waals surface area contributed by atoms with Crippen molar-refractivity contribution in [1.29, 1.82) is 0 Å². The first kappa shape index (κ1) is 24.6. The minimum absolute atomic E-state index is 0.106. The van der Waals surface area contributed by atoms with E-state index in [1.165, 1.54) is 6.20 Å². The number of hydroxylamine groups is 1. The van der Waals surface area contributed by atoms with Crippen LogP contribution in [0.25, 0.3) is 16.4 Å². The zero-order valence-corrected chi connectivity index (χ0v) is 20.7. The predicted molar refractivity (Wildman–Crippen MR) is 133 cm³/mol. The van der Waals surface area contributed by atoms with Gasteiger partial charge < -0.3 is 24.4 Å². The number of hydrogen-bond acceptors (Lipinski definition) is 10. The van der Waals surface area contributed by atoms with Crippen molar-refractivity contribution in [1.82, 2.24) is 35.6 Å². The van der Waals surface area contributed by atoms with Crippen molar-refractivity contribution in [3.8, 4) is 5.88 Å². The van der Waals surface area contributed by atoms with Crippen LogP contribution in [0.1, 0.15) is 34.8 Å². The molecule has 2 N–H and O–H groups in total. The molecule has 5 rings (SSSR count). The number of aromatic nitrogens is 5. The Bertz CT molecular complexity index is 1440. The average molecular weight is 506 g/mol. The van der Waals surface area contributed by atoms with Crippen LogP contribution in [0.4, 0.5) is 0 Å². The summed E-state index contributed by atoms with van der Waals surface area (Å²) in [6.45, 7) is 2.80. The highest BCUT2D eigenvalue weighted by Crippen LogP contribution is 2.29. The molecule has 0 radical (unpaired) electrons. The van der Waals surface area contributed by atoms with Crippen LogP contribution in [0.2, 0.25) is 0 Å². The van der Waals surface area contributed by atoms with Crippen LogP contribution in [-0.2, 0) is 20.9 Å². The quantitative estimate of drug-likeness (QED) is 0.330. The van der Waals surface area contributed by atoms with Gasteiger partial charge in [0, 0.05) is 37.2 Å². The van der Waals surface area contributed by atoms with Crippen LogP contribution in [0.5, 0.6) is 5.88 Å². The van der Waals surface area contributed by atoms with Gasteiger partial charge in [-0.15, -0.1) is 20.8 Å². The van der Waals surface area contributed by atoms with Gasteiger partial charge in [-0.25, -0.2) is 0 Å². The Morgan fingerprint density at radius 2 is 1.97 bits per heavy atom. The Morgan fingerprint density at radius 1 is 1.14 bits per heavy atom. The number of hydrogen-bond donors (Lipinski definition) is 2. The molecule has 1 unspecified atom stereocenters. The van der Waals surface area contributed by atoms with Crippen LogP contribution >= 0.6 is 0 Å². The molecule has 1 aliphatic heterocycles. The van der Waals surface area contributed by atoms with E-state index in [-0.39, 0.29) is 24.6 Å². The fraction of sp³-hybridized carbons (Fsp3) is 0.320. The van der Waals surface area contributed by atoms with Crippen molar-refractivity contribution in [2.45, 2.75) is 25.6 Å². The number of nitrogens with one attached hydrogen (secondary N) is 2. The van der Waals surface area contributed by atoms with Gasteiger partial charge in [-0.3, -0.25) is 9.78 Å². The Labute approximate surface area is 212 Å². The van der Waals surface area contributed by atoms with Crippen LogP contribution in [0.15, 0.2) is 54.4 Å². The summed E-state index contributed by atoms with van der Waals surface area (Å²) in [5.41, 5.74) is 4.62. The molecule has 192 valence electrons. The Kier molecular flexibility index (Phi) is 7.21. The molecule has 3 aromatic heterocycles. The molecule has 4 aromatic rings. The molecule has 37 heavy (non-hydrogen) atoms. The number of carbonyl (C=O) groups is 1. The van der Waals surface area contributed by atoms with Crippen molar-refractivity contribution in [3.05, 3.63) is 71.5 Å². The molecule has 0 saturated carbocycles. The first-order valence-corrected chi connectivity index (χ1v) is 11.7. The number of pyridine rings is 1. The highest BCUT2D eigenvalue weighted by molar-refractivity contribution is 5.96. The lowest BCUT2D eigenvalue weighted by Crippen LogP contribution is -2.35. The Hall–Kier alpha value is -4.13. The summed E-state index contributed by atoms with van der Waals surface area (Å²) in [5, 5.41) is 17.9. The third-order valence-corrected chi connectivity index (χ3v) is 5.73. The molecular weight excluding hydrogens is 478 g/mol. The third kappa shape index (κ3) is 5.21. The zero-order valence-electron chi connectivity index (χ0n) is 20.7. The number of ether oxygens (including phenoxy) is 3. The molecule has 0 fully saturated rings. The van der Waals surface area contributed by atoms with E-state index in [1.807, 2.05) is 37.3 Å². The standard InChI is InChI=1S/C25H27N7O5/c1-15(12-34-2)27-24(33)16-8-9-17(26-11-16)13-36-25-20-7-5-4-6-19(20)22-28-29-23(32(22)30-25)21-10-18(14-35-3)37-31-21/h4-11,15,21,31H,12-14H2,1-3H3,(H,27,33)/t15-,21?/m1/s1. The van der Waals surface area contributed by atoms with Gasteiger partial charge >= 0.3 is 0 Å². The fourth-order valence-electron chi connectivity index (χ4n) is 3.99. The number of fused-ring (bicyclic) bond motifs is 3. The first-order valence-electron chi connectivity index (χ1n) is 11.7. The number of amides is 1. The average Bonchev–Trinajstić information content (AvgIpc) is 3.55. The van der Waals surface area contributed by atoms with Crippen LogP contribution in [0, 0.1) is 0 Å². The van der Waals surface area contributed by atoms with Gasteiger partial charge in [0.2, 0.25) is 5.88 Å². The molecule has 1 aliphatic rings. The molecule has 1 aromatic carbocycles. The maximum absolute atomic E-state index is 12.4. The highest BCUT2D eigenvalue weighted by Gasteiger charge is 2.25. The lowest BCUT2D eigenvalue weighted by molar-refractivity contribution is 0.0764. The van der Waals surface area contributed by atoms with Crippen LogP contribution < -0.4 is 15.5 Å². The molecule has 2 atom stereocenters. The van der Waals surface area contributed by atoms with Crippen molar-refractivity contribution in [2.24, 2.45) is 0 Å². The van der Waals surface area contributed by atoms with E-state index >= 15 is 0 Å². The van der Waals surface area contributed by atoms with Gasteiger partial charge in [-0.05, 0) is 31.2 Å². The van der Waals surface area contributed by atoms with Gasteiger partial charge in [0.05, 0.1) is 17.9 Å². The monoisotopic (exact) mass is 505 g/mol. The second-order valence-corrected chi connectivity index (χ2v) is 8.56. The zero-order chi connectivity index (χ0) is 25.8. The molecular formula is C25H27N7O5. The number of carbonyl (C=O) groups excluding carboxylic acids is 1. The number of rotatable bonds is 10. The normalized spacial score (nSPS) is 16.0. The van der Waals surface area contributed by atoms with Gasteiger partial charge in [0.25, 0.3) is 5.91 Å². The second kappa shape index (κ2) is 10.9. The van der Waals surface area contributed by atoms with Crippen molar-refractivity contribution in [3.63, 3.8) is 0 Å². The van der Waals surface area contributed by atoms with E-state index < -0.39 is 0 Å². The summed E-state index contributed by atoms with van der Waals surface area (Å²) in [6, 6.07) is 10.7. The topological polar surface area (TPSA) is 134 Å². The molecule has 0 saturated heterocycles. The molecule has 1 amide bonds. The summed E-state index contributed by atoms with van der Waals surface area (Å²) in [6.07, 6.45) is 3.39. The second-order valence-electron chi connectivity index (χ2n) is 8.56. The van der Waals surface area contributed by atoms with Gasteiger partial charge in [-0.2, -0.15) is 4.52 Å². The number of nitrogens with zero attached hydrogens (tertiary/aromatic N) is 5. The molecule has 12 nitrogen and oxygen atoms in total. The summed E-state index contributed by atoms with van der Waals surface area (Å²) < 4.78 is 17.9. The first-order chi connectivity index (χ1) is 18.1. The minimum atomic E-state index is -0.353. The lowest BCUT2D eigenvalue weighted by Gasteiger charge is -2.13. The SMILES string of the molecule is COCC1=CC(c2nnc3c4ccccc4c(OCc4ccc(C(=O)N[C@H](C)COC)cn4)nn23)NO1. The van der Waals surface area contributed by atoms with Crippen LogP contribution in [0.3, 0.4) is 0 Å².